The van der Waals surface area contributed by atoms with E-state index in [1.165, 1.54) is 12.3 Å². The minimum atomic E-state index is -0.893. The lowest BCUT2D eigenvalue weighted by atomic mass is 10.6. The molecule has 0 saturated heterocycles. The number of hydrogen-bond donors (Lipinski definition) is 1. The Balaban J connectivity index is 2.79. The van der Waals surface area contributed by atoms with Gasteiger partial charge in [-0.2, -0.15) is 4.98 Å². The highest BCUT2D eigenvalue weighted by atomic mass is 79.9. The van der Waals surface area contributed by atoms with E-state index >= 15 is 0 Å². The maximum atomic E-state index is 10.2. The first-order valence-corrected chi connectivity index (χ1v) is 3.43. The van der Waals surface area contributed by atoms with Crippen LogP contribution in [-0.2, 0) is 0 Å². The summed E-state index contributed by atoms with van der Waals surface area (Å²) in [5, 5.41) is 0. The summed E-state index contributed by atoms with van der Waals surface area (Å²) in [7, 11) is 0. The van der Waals surface area contributed by atoms with Crippen LogP contribution < -0.4 is 10.5 Å². The second kappa shape index (κ2) is 3.29. The Hall–Kier alpha value is -1.17. The second-order valence-electron chi connectivity index (χ2n) is 1.59. The molecule has 0 aromatic carbocycles. The maximum Gasteiger partial charge on any atom is 0.411 e. The first kappa shape index (κ1) is 7.93. The van der Waals surface area contributed by atoms with E-state index in [2.05, 4.69) is 30.6 Å². The molecule has 1 heterocycles. The summed E-state index contributed by atoms with van der Waals surface area (Å²) in [5.74, 6) is 0.124. The van der Waals surface area contributed by atoms with Gasteiger partial charge in [0.1, 0.15) is 0 Å². The molecule has 58 valence electrons. The molecule has 11 heavy (non-hydrogen) atoms. The number of carbonyl (C=O) groups excluding carboxylic acids is 1. The smallest absolute Gasteiger partial charge is 0.391 e. The van der Waals surface area contributed by atoms with E-state index in [-0.39, 0.29) is 5.88 Å². The standard InChI is InChI=1S/C5H4BrN3O2/c6-4-8-2-1-3(9-4)11-5(7)10/h1-2H,(H2,7,10). The highest BCUT2D eigenvalue weighted by molar-refractivity contribution is 9.10. The molecule has 6 heteroatoms. The zero-order valence-corrected chi connectivity index (χ0v) is 6.91. The highest BCUT2D eigenvalue weighted by Crippen LogP contribution is 2.08. The van der Waals surface area contributed by atoms with Crippen molar-refractivity contribution in [2.45, 2.75) is 0 Å². The second-order valence-corrected chi connectivity index (χ2v) is 2.29. The van der Waals surface area contributed by atoms with Crippen molar-refractivity contribution >= 4 is 22.0 Å². The average Bonchev–Trinajstić information content (AvgIpc) is 1.85. The van der Waals surface area contributed by atoms with Gasteiger partial charge >= 0.3 is 6.09 Å². The van der Waals surface area contributed by atoms with Crippen LogP contribution in [0.15, 0.2) is 17.0 Å². The number of aromatic nitrogens is 2. The molecule has 0 aliphatic rings. The highest BCUT2D eigenvalue weighted by Gasteiger charge is 1.99. The van der Waals surface area contributed by atoms with Gasteiger partial charge < -0.3 is 10.5 Å². The number of halogens is 1. The van der Waals surface area contributed by atoms with Crippen molar-refractivity contribution in [3.8, 4) is 5.88 Å². The summed E-state index contributed by atoms with van der Waals surface area (Å²) in [6.45, 7) is 0. The van der Waals surface area contributed by atoms with E-state index in [0.29, 0.717) is 4.73 Å². The van der Waals surface area contributed by atoms with E-state index in [4.69, 9.17) is 5.73 Å². The zero-order chi connectivity index (χ0) is 8.27. The Bertz CT molecular complexity index is 278. The summed E-state index contributed by atoms with van der Waals surface area (Å²) in [6, 6.07) is 1.43. The predicted molar refractivity (Wildman–Crippen MR) is 39.9 cm³/mol. The summed E-state index contributed by atoms with van der Waals surface area (Å²) >= 11 is 3.00. The largest absolute Gasteiger partial charge is 0.411 e. The van der Waals surface area contributed by atoms with Crippen molar-refractivity contribution in [1.82, 2.24) is 9.97 Å². The third kappa shape index (κ3) is 2.50. The summed E-state index contributed by atoms with van der Waals surface area (Å²) in [4.78, 5) is 17.6. The van der Waals surface area contributed by atoms with Gasteiger partial charge in [0.2, 0.25) is 5.88 Å². The summed E-state index contributed by atoms with van der Waals surface area (Å²) in [6.07, 6.45) is 0.547. The van der Waals surface area contributed by atoms with E-state index in [9.17, 15) is 4.79 Å². The number of rotatable bonds is 1. The fraction of sp³-hybridized carbons (Fsp3) is 0. The molecule has 5 nitrogen and oxygen atoms in total. The lowest BCUT2D eigenvalue weighted by molar-refractivity contribution is 0.209. The topological polar surface area (TPSA) is 78.1 Å². The Morgan fingerprint density at radius 3 is 3.00 bits per heavy atom. The van der Waals surface area contributed by atoms with E-state index in [0.717, 1.165) is 0 Å². The normalized spacial score (nSPS) is 9.18. The molecule has 0 atom stereocenters. The van der Waals surface area contributed by atoms with Gasteiger partial charge in [-0.15, -0.1) is 0 Å². The number of primary amides is 1. The SMILES string of the molecule is NC(=O)Oc1ccnc(Br)n1. The Kier molecular flexibility index (Phi) is 2.37. The van der Waals surface area contributed by atoms with Crippen LogP contribution in [0.1, 0.15) is 0 Å². The molecule has 0 spiro atoms. The fourth-order valence-corrected chi connectivity index (χ4v) is 0.772. The Morgan fingerprint density at radius 1 is 1.73 bits per heavy atom. The summed E-state index contributed by atoms with van der Waals surface area (Å²) in [5.41, 5.74) is 4.74. The molecule has 0 aliphatic carbocycles. The van der Waals surface area contributed by atoms with Crippen LogP contribution in [0.5, 0.6) is 5.88 Å². The molecular weight excluding hydrogens is 214 g/mol. The molecule has 0 radical (unpaired) electrons. The predicted octanol–water partition coefficient (Wildman–Crippen LogP) is 0.697. The van der Waals surface area contributed by atoms with Gasteiger partial charge in [0.25, 0.3) is 0 Å². The lowest BCUT2D eigenvalue weighted by Gasteiger charge is -1.97. The molecular formula is C5H4BrN3O2. The number of nitrogens with two attached hydrogens (primary N) is 1. The van der Waals surface area contributed by atoms with Crippen LogP contribution in [0.4, 0.5) is 4.79 Å². The number of hydrogen-bond acceptors (Lipinski definition) is 4. The van der Waals surface area contributed by atoms with Gasteiger partial charge in [-0.25, -0.2) is 9.78 Å². The van der Waals surface area contributed by atoms with Gasteiger partial charge in [0.15, 0.2) is 4.73 Å². The minimum absolute atomic E-state index is 0.124. The number of amides is 1. The van der Waals surface area contributed by atoms with Crippen LogP contribution in [0, 0.1) is 0 Å². The van der Waals surface area contributed by atoms with Gasteiger partial charge in [-0.05, 0) is 15.9 Å². The third-order valence-electron chi connectivity index (χ3n) is 0.806. The van der Waals surface area contributed by atoms with Gasteiger partial charge in [0, 0.05) is 12.3 Å². The van der Waals surface area contributed by atoms with Crippen molar-refractivity contribution in [3.63, 3.8) is 0 Å². The van der Waals surface area contributed by atoms with E-state index < -0.39 is 6.09 Å². The molecule has 1 amide bonds. The van der Waals surface area contributed by atoms with Crippen LogP contribution >= 0.6 is 15.9 Å². The Labute approximate surface area is 70.7 Å². The van der Waals surface area contributed by atoms with Crippen LogP contribution in [-0.4, -0.2) is 16.1 Å². The molecule has 0 saturated carbocycles. The van der Waals surface area contributed by atoms with E-state index in [1.54, 1.807) is 0 Å². The van der Waals surface area contributed by atoms with Crippen molar-refractivity contribution in [3.05, 3.63) is 17.0 Å². The summed E-state index contributed by atoms with van der Waals surface area (Å²) < 4.78 is 4.80. The van der Waals surface area contributed by atoms with Crippen LogP contribution in [0.25, 0.3) is 0 Å². The molecule has 1 rings (SSSR count). The monoisotopic (exact) mass is 217 g/mol. The third-order valence-corrected chi connectivity index (χ3v) is 1.19. The first-order valence-electron chi connectivity index (χ1n) is 2.64. The number of ether oxygens (including phenoxy) is 1. The lowest BCUT2D eigenvalue weighted by Crippen LogP contribution is -2.16. The molecule has 1 aromatic heterocycles. The van der Waals surface area contributed by atoms with E-state index in [1.807, 2.05) is 0 Å². The Morgan fingerprint density at radius 2 is 2.45 bits per heavy atom. The van der Waals surface area contributed by atoms with Crippen molar-refractivity contribution < 1.29 is 9.53 Å². The van der Waals surface area contributed by atoms with Gasteiger partial charge in [-0.1, -0.05) is 0 Å². The van der Waals surface area contributed by atoms with Gasteiger partial charge in [-0.3, -0.25) is 0 Å². The van der Waals surface area contributed by atoms with Crippen LogP contribution in [0.2, 0.25) is 0 Å². The first-order chi connectivity index (χ1) is 5.18. The fourth-order valence-electron chi connectivity index (χ4n) is 0.480. The van der Waals surface area contributed by atoms with Crippen molar-refractivity contribution in [2.24, 2.45) is 5.73 Å². The zero-order valence-electron chi connectivity index (χ0n) is 5.32. The van der Waals surface area contributed by atoms with Gasteiger partial charge in [0.05, 0.1) is 0 Å². The number of nitrogens with zero attached hydrogens (tertiary/aromatic N) is 2. The molecule has 0 aliphatic heterocycles. The minimum Gasteiger partial charge on any atom is -0.391 e. The van der Waals surface area contributed by atoms with Crippen molar-refractivity contribution in [1.29, 1.82) is 0 Å². The maximum absolute atomic E-state index is 10.2. The quantitative estimate of drug-likeness (QED) is 0.703. The molecule has 0 bridgehead atoms. The molecule has 2 N–H and O–H groups in total. The average molecular weight is 218 g/mol. The molecule has 0 unspecified atom stereocenters. The number of carbonyl (C=O) groups is 1. The van der Waals surface area contributed by atoms with Crippen LogP contribution in [0.3, 0.4) is 0 Å². The van der Waals surface area contributed by atoms with Crippen molar-refractivity contribution in [2.75, 3.05) is 0 Å². The molecule has 0 fully saturated rings. The molecule has 1 aromatic rings.